The molecule has 0 amide bonds. The van der Waals surface area contributed by atoms with Crippen molar-refractivity contribution in [3.8, 4) is 0 Å². The van der Waals surface area contributed by atoms with E-state index in [2.05, 4.69) is 0 Å². The van der Waals surface area contributed by atoms with Crippen LogP contribution in [0.25, 0.3) is 0 Å². The molecule has 0 saturated heterocycles. The van der Waals surface area contributed by atoms with E-state index < -0.39 is 31.4 Å². The largest absolute Gasteiger partial charge is 0.452 e. The average molecular weight is 284 g/mol. The molecule has 0 aromatic carbocycles. The molecule has 0 aliphatic rings. The fourth-order valence-corrected chi connectivity index (χ4v) is 0.446. The van der Waals surface area contributed by atoms with Crippen LogP contribution in [-0.2, 0) is 9.47 Å². The Bertz CT molecular complexity index is 248. The van der Waals surface area contributed by atoms with E-state index in [1.54, 1.807) is 0 Å². The first kappa shape index (κ1) is 16.2. The van der Waals surface area contributed by atoms with Crippen molar-refractivity contribution in [2.45, 2.75) is 31.4 Å². The number of rotatable bonds is 5. The minimum Gasteiger partial charge on any atom is -0.270 e. The normalized spacial score (nSPS) is 16.4. The molecule has 1 unspecified atom stereocenters. The van der Waals surface area contributed by atoms with Crippen molar-refractivity contribution in [3.63, 3.8) is 0 Å². The van der Waals surface area contributed by atoms with E-state index in [0.29, 0.717) is 0 Å². The van der Waals surface area contributed by atoms with E-state index in [1.165, 1.54) is 0 Å². The van der Waals surface area contributed by atoms with Crippen molar-refractivity contribution in [2.75, 3.05) is 0 Å². The van der Waals surface area contributed by atoms with Gasteiger partial charge in [0, 0.05) is 0 Å². The Morgan fingerprint density at radius 2 is 1.00 bits per heavy atom. The van der Waals surface area contributed by atoms with Crippen LogP contribution in [0.4, 0.5) is 43.9 Å². The molecule has 0 fully saturated rings. The third-order valence-electron chi connectivity index (χ3n) is 1.08. The van der Waals surface area contributed by atoms with Crippen LogP contribution in [0.3, 0.4) is 0 Å². The number of halogens is 10. The van der Waals surface area contributed by atoms with Crippen LogP contribution in [-0.4, -0.2) is 31.4 Å². The fourth-order valence-electron chi connectivity index (χ4n) is 0.446. The highest BCUT2D eigenvalue weighted by atomic mass is 19.4. The van der Waals surface area contributed by atoms with Crippen molar-refractivity contribution >= 4 is 0 Å². The molecule has 1 atom stereocenters. The van der Waals surface area contributed by atoms with E-state index in [-0.39, 0.29) is 0 Å². The summed E-state index contributed by atoms with van der Waals surface area (Å²) in [5, 5.41) is 0. The van der Waals surface area contributed by atoms with Crippen molar-refractivity contribution in [1.82, 2.24) is 0 Å². The third-order valence-corrected chi connectivity index (χ3v) is 1.08. The average Bonchev–Trinajstić information content (AvgIpc) is 1.97. The zero-order chi connectivity index (χ0) is 14.1. The third kappa shape index (κ3) is 4.53. The van der Waals surface area contributed by atoms with Gasteiger partial charge in [0.1, 0.15) is 0 Å². The molecule has 17 heavy (non-hydrogen) atoms. The maximum Gasteiger partial charge on any atom is 0.452 e. The van der Waals surface area contributed by atoms with Crippen LogP contribution < -0.4 is 0 Å². The molecule has 2 nitrogen and oxygen atoms in total. The summed E-state index contributed by atoms with van der Waals surface area (Å²) in [5.74, 6) is 0. The molecule has 0 spiro atoms. The van der Waals surface area contributed by atoms with Gasteiger partial charge < -0.3 is 0 Å². The Labute approximate surface area is 86.1 Å². The summed E-state index contributed by atoms with van der Waals surface area (Å²) in [6, 6.07) is 0. The maximum absolute atomic E-state index is 12.2. The molecule has 0 heterocycles. The maximum atomic E-state index is 12.2. The number of hydrogen-bond acceptors (Lipinski definition) is 2. The predicted octanol–water partition coefficient (Wildman–Crippen LogP) is 3.29. The zero-order valence-electron chi connectivity index (χ0n) is 7.25. The Kier molecular flexibility index (Phi) is 4.62. The quantitative estimate of drug-likeness (QED) is 0.721. The summed E-state index contributed by atoms with van der Waals surface area (Å²) >= 11 is 0. The lowest BCUT2D eigenvalue weighted by Crippen LogP contribution is -2.49. The lowest BCUT2D eigenvalue weighted by Gasteiger charge is -2.26. The Morgan fingerprint density at radius 1 is 0.647 bits per heavy atom. The number of alkyl halides is 10. The molecule has 0 saturated carbocycles. The van der Waals surface area contributed by atoms with Crippen LogP contribution in [0.15, 0.2) is 0 Å². The second-order valence-electron chi connectivity index (χ2n) is 2.39. The van der Waals surface area contributed by atoms with Crippen molar-refractivity contribution in [2.24, 2.45) is 0 Å². The van der Waals surface area contributed by atoms with Crippen LogP contribution in [0.2, 0.25) is 0 Å². The van der Waals surface area contributed by atoms with Gasteiger partial charge >= 0.3 is 25.0 Å². The topological polar surface area (TPSA) is 18.5 Å². The molecular weight excluding hydrogens is 282 g/mol. The van der Waals surface area contributed by atoms with Crippen LogP contribution in [0.1, 0.15) is 0 Å². The molecule has 104 valence electrons. The van der Waals surface area contributed by atoms with Crippen LogP contribution >= 0.6 is 0 Å². The van der Waals surface area contributed by atoms with Gasteiger partial charge in [-0.15, -0.1) is 0 Å². The first-order valence-corrected chi connectivity index (χ1v) is 3.40. The van der Waals surface area contributed by atoms with Gasteiger partial charge in [-0.1, -0.05) is 0 Å². The molecular formula is C5H2F10O2. The van der Waals surface area contributed by atoms with Crippen molar-refractivity contribution in [3.05, 3.63) is 0 Å². The SMILES string of the molecule is FC(F)OC(F)(F)C(F)(F)OC(F)C(F)(F)F. The molecule has 12 heteroatoms. The predicted molar refractivity (Wildman–Crippen MR) is 29.0 cm³/mol. The summed E-state index contributed by atoms with van der Waals surface area (Å²) in [6.45, 7) is -4.43. The van der Waals surface area contributed by atoms with Crippen molar-refractivity contribution in [1.29, 1.82) is 0 Å². The van der Waals surface area contributed by atoms with Crippen LogP contribution in [0, 0.1) is 0 Å². The molecule has 0 N–H and O–H groups in total. The Hall–Kier alpha value is -0.780. The second-order valence-corrected chi connectivity index (χ2v) is 2.39. The summed E-state index contributed by atoms with van der Waals surface area (Å²) in [5.41, 5.74) is 0. The second kappa shape index (κ2) is 4.84. The molecule has 0 rings (SSSR count). The minimum atomic E-state index is -6.22. The fraction of sp³-hybridized carbons (Fsp3) is 1.00. The minimum absolute atomic E-state index is 2.03. The summed E-state index contributed by atoms with van der Waals surface area (Å²) < 4.78 is 121. The van der Waals surface area contributed by atoms with Crippen LogP contribution in [0.5, 0.6) is 0 Å². The highest BCUT2D eigenvalue weighted by molar-refractivity contribution is 4.69. The van der Waals surface area contributed by atoms with Gasteiger partial charge in [-0.2, -0.15) is 39.5 Å². The molecule has 0 aliphatic heterocycles. The van der Waals surface area contributed by atoms with E-state index >= 15 is 0 Å². The highest BCUT2D eigenvalue weighted by Gasteiger charge is 2.65. The van der Waals surface area contributed by atoms with Crippen molar-refractivity contribution < 1.29 is 53.4 Å². The molecule has 0 aromatic heterocycles. The first-order valence-electron chi connectivity index (χ1n) is 3.40. The molecule has 0 aromatic rings. The standard InChI is InChI=1S/C5H2F10O2/c6-1(3(9,10)11)16-4(12,13)5(14,15)17-2(7)8/h1-2H. The van der Waals surface area contributed by atoms with E-state index in [4.69, 9.17) is 0 Å². The van der Waals surface area contributed by atoms with Gasteiger partial charge in [0.2, 0.25) is 0 Å². The smallest absolute Gasteiger partial charge is 0.270 e. The van der Waals surface area contributed by atoms with Gasteiger partial charge in [0.15, 0.2) is 0 Å². The van der Waals surface area contributed by atoms with Gasteiger partial charge in [-0.05, 0) is 0 Å². The van der Waals surface area contributed by atoms with E-state index in [1.807, 2.05) is 9.47 Å². The van der Waals surface area contributed by atoms with E-state index in [9.17, 15) is 43.9 Å². The summed E-state index contributed by atoms with van der Waals surface area (Å²) in [7, 11) is 0. The van der Waals surface area contributed by atoms with Gasteiger partial charge in [0.25, 0.3) is 6.36 Å². The monoisotopic (exact) mass is 284 g/mol. The van der Waals surface area contributed by atoms with Gasteiger partial charge in [-0.3, -0.25) is 9.47 Å². The molecule has 0 radical (unpaired) electrons. The lowest BCUT2D eigenvalue weighted by atomic mass is 10.5. The Balaban J connectivity index is 4.77. The molecule has 0 bridgehead atoms. The zero-order valence-corrected chi connectivity index (χ0v) is 7.25. The lowest BCUT2D eigenvalue weighted by molar-refractivity contribution is -0.483. The number of ether oxygens (including phenoxy) is 2. The number of hydrogen-bond donors (Lipinski definition) is 0. The van der Waals surface area contributed by atoms with E-state index in [0.717, 1.165) is 0 Å². The van der Waals surface area contributed by atoms with Gasteiger partial charge in [-0.25, -0.2) is 4.39 Å². The highest BCUT2D eigenvalue weighted by Crippen LogP contribution is 2.40. The summed E-state index contributed by atoms with van der Waals surface area (Å²) in [6.07, 6.45) is -23.2. The summed E-state index contributed by atoms with van der Waals surface area (Å²) in [4.78, 5) is 0. The van der Waals surface area contributed by atoms with Gasteiger partial charge in [0.05, 0.1) is 0 Å². The first-order chi connectivity index (χ1) is 7.29. The molecule has 0 aliphatic carbocycles. The Morgan fingerprint density at radius 3 is 1.29 bits per heavy atom.